The molecule has 0 fully saturated rings. The predicted octanol–water partition coefficient (Wildman–Crippen LogP) is 2.44. The van der Waals surface area contributed by atoms with Crippen LogP contribution >= 0.6 is 11.6 Å². The first kappa shape index (κ1) is 12.0. The SMILES string of the molecule is Cc1c(Cl)c(CCC(=O)O)cc2c1OCCO2. The van der Waals surface area contributed by atoms with Gasteiger partial charge < -0.3 is 14.6 Å². The Kier molecular flexibility index (Phi) is 3.43. The fourth-order valence-electron chi connectivity index (χ4n) is 1.82. The molecule has 0 saturated carbocycles. The number of halogens is 1. The molecule has 0 saturated heterocycles. The van der Waals surface area contributed by atoms with Gasteiger partial charge in [0.05, 0.1) is 5.02 Å². The lowest BCUT2D eigenvalue weighted by molar-refractivity contribution is -0.136. The maximum Gasteiger partial charge on any atom is 0.303 e. The zero-order valence-corrected chi connectivity index (χ0v) is 10.2. The van der Waals surface area contributed by atoms with Crippen LogP contribution in [-0.2, 0) is 11.2 Å². The second-order valence-corrected chi connectivity index (χ2v) is 4.27. The standard InChI is InChI=1S/C12H13ClO4/c1-7-11(13)8(2-3-10(14)15)6-9-12(7)17-5-4-16-9/h6H,2-5H2,1H3,(H,14,15). The summed E-state index contributed by atoms with van der Waals surface area (Å²) in [5.41, 5.74) is 1.60. The number of hydrogen-bond acceptors (Lipinski definition) is 3. The minimum absolute atomic E-state index is 0.0544. The average Bonchev–Trinajstić information content (AvgIpc) is 2.32. The molecule has 0 radical (unpaired) electrons. The third-order valence-corrected chi connectivity index (χ3v) is 3.20. The molecule has 4 nitrogen and oxygen atoms in total. The molecule has 0 unspecified atom stereocenters. The second kappa shape index (κ2) is 4.84. The van der Waals surface area contributed by atoms with Gasteiger partial charge in [-0.25, -0.2) is 0 Å². The van der Waals surface area contributed by atoms with E-state index < -0.39 is 5.97 Å². The van der Waals surface area contributed by atoms with Crippen LogP contribution in [0.3, 0.4) is 0 Å². The van der Waals surface area contributed by atoms with Gasteiger partial charge in [0, 0.05) is 12.0 Å². The normalized spacial score (nSPS) is 13.5. The Labute approximate surface area is 104 Å². The van der Waals surface area contributed by atoms with E-state index in [9.17, 15) is 4.79 Å². The Morgan fingerprint density at radius 1 is 1.47 bits per heavy atom. The van der Waals surface area contributed by atoms with Crippen molar-refractivity contribution in [2.75, 3.05) is 13.2 Å². The molecular formula is C12H13ClO4. The molecule has 0 spiro atoms. The smallest absolute Gasteiger partial charge is 0.303 e. The summed E-state index contributed by atoms with van der Waals surface area (Å²) < 4.78 is 11.0. The number of rotatable bonds is 3. The van der Waals surface area contributed by atoms with Crippen LogP contribution in [0, 0.1) is 6.92 Å². The number of aliphatic carboxylic acids is 1. The lowest BCUT2D eigenvalue weighted by Crippen LogP contribution is -2.16. The summed E-state index contributed by atoms with van der Waals surface area (Å²) in [5, 5.41) is 9.24. The van der Waals surface area contributed by atoms with Gasteiger partial charge in [0.1, 0.15) is 13.2 Å². The highest BCUT2D eigenvalue weighted by Gasteiger charge is 2.19. The number of carboxylic acids is 1. The molecular weight excluding hydrogens is 244 g/mol. The van der Waals surface area contributed by atoms with Gasteiger partial charge in [-0.2, -0.15) is 0 Å². The van der Waals surface area contributed by atoms with Gasteiger partial charge in [-0.05, 0) is 25.0 Å². The number of ether oxygens (including phenoxy) is 2. The van der Waals surface area contributed by atoms with Crippen LogP contribution in [0.25, 0.3) is 0 Å². The summed E-state index contributed by atoms with van der Waals surface area (Å²) in [4.78, 5) is 10.6. The maximum atomic E-state index is 10.6. The first-order chi connectivity index (χ1) is 8.09. The minimum atomic E-state index is -0.839. The van der Waals surface area contributed by atoms with Gasteiger partial charge in [0.2, 0.25) is 0 Å². The van der Waals surface area contributed by atoms with Crippen molar-refractivity contribution in [3.63, 3.8) is 0 Å². The molecule has 0 amide bonds. The van der Waals surface area contributed by atoms with Crippen LogP contribution in [0.5, 0.6) is 11.5 Å². The van der Waals surface area contributed by atoms with E-state index in [1.807, 2.05) is 6.92 Å². The highest BCUT2D eigenvalue weighted by atomic mass is 35.5. The highest BCUT2D eigenvalue weighted by molar-refractivity contribution is 6.32. The fraction of sp³-hybridized carbons (Fsp3) is 0.417. The van der Waals surface area contributed by atoms with Crippen LogP contribution in [0.1, 0.15) is 17.5 Å². The predicted molar refractivity (Wildman–Crippen MR) is 63.1 cm³/mol. The summed E-state index contributed by atoms with van der Waals surface area (Å²) in [6.07, 6.45) is 0.449. The van der Waals surface area contributed by atoms with E-state index in [-0.39, 0.29) is 6.42 Å². The van der Waals surface area contributed by atoms with Crippen molar-refractivity contribution in [3.8, 4) is 11.5 Å². The largest absolute Gasteiger partial charge is 0.486 e. The van der Waals surface area contributed by atoms with Crippen LogP contribution in [0.2, 0.25) is 5.02 Å². The molecule has 0 bridgehead atoms. The maximum absolute atomic E-state index is 10.6. The zero-order valence-electron chi connectivity index (χ0n) is 9.46. The molecule has 1 aliphatic rings. The highest BCUT2D eigenvalue weighted by Crippen LogP contribution is 2.40. The average molecular weight is 257 g/mol. The summed E-state index contributed by atoms with van der Waals surface area (Å²) in [5.74, 6) is 0.479. The van der Waals surface area contributed by atoms with E-state index in [0.717, 1.165) is 11.1 Å². The number of carboxylic acid groups (broad SMARTS) is 1. The van der Waals surface area contributed by atoms with Crippen LogP contribution in [-0.4, -0.2) is 24.3 Å². The van der Waals surface area contributed by atoms with Gasteiger partial charge in [0.15, 0.2) is 11.5 Å². The molecule has 1 aromatic carbocycles. The number of hydrogen-bond donors (Lipinski definition) is 1. The number of fused-ring (bicyclic) bond motifs is 1. The van der Waals surface area contributed by atoms with Crippen molar-refractivity contribution in [2.45, 2.75) is 19.8 Å². The molecule has 1 aromatic rings. The van der Waals surface area contributed by atoms with Gasteiger partial charge in [-0.1, -0.05) is 11.6 Å². The molecule has 2 rings (SSSR count). The third-order valence-electron chi connectivity index (χ3n) is 2.68. The van der Waals surface area contributed by atoms with Gasteiger partial charge in [0.25, 0.3) is 0 Å². The summed E-state index contributed by atoms with van der Waals surface area (Å²) in [6.45, 7) is 2.87. The molecule has 0 aliphatic carbocycles. The van der Waals surface area contributed by atoms with Gasteiger partial charge in [-0.15, -0.1) is 0 Å². The van der Waals surface area contributed by atoms with E-state index in [1.165, 1.54) is 0 Å². The summed E-state index contributed by atoms with van der Waals surface area (Å²) in [6, 6.07) is 1.77. The summed E-state index contributed by atoms with van der Waals surface area (Å²) in [7, 11) is 0. The fourth-order valence-corrected chi connectivity index (χ4v) is 2.05. The molecule has 1 heterocycles. The lowest BCUT2D eigenvalue weighted by Gasteiger charge is -2.22. The summed E-state index contributed by atoms with van der Waals surface area (Å²) >= 11 is 6.19. The number of benzene rings is 1. The van der Waals surface area contributed by atoms with Crippen molar-refractivity contribution in [2.24, 2.45) is 0 Å². The van der Waals surface area contributed by atoms with E-state index in [1.54, 1.807) is 6.07 Å². The molecule has 0 aromatic heterocycles. The first-order valence-corrected chi connectivity index (χ1v) is 5.76. The Bertz CT molecular complexity index is 456. The van der Waals surface area contributed by atoms with Gasteiger partial charge >= 0.3 is 5.97 Å². The van der Waals surface area contributed by atoms with Crippen molar-refractivity contribution in [1.82, 2.24) is 0 Å². The molecule has 0 atom stereocenters. The van der Waals surface area contributed by atoms with Crippen molar-refractivity contribution < 1.29 is 19.4 Å². The van der Waals surface area contributed by atoms with E-state index in [2.05, 4.69) is 0 Å². The second-order valence-electron chi connectivity index (χ2n) is 3.89. The molecule has 92 valence electrons. The zero-order chi connectivity index (χ0) is 12.4. The van der Waals surface area contributed by atoms with Crippen molar-refractivity contribution >= 4 is 17.6 Å². The minimum Gasteiger partial charge on any atom is -0.486 e. The Morgan fingerprint density at radius 3 is 2.88 bits per heavy atom. The monoisotopic (exact) mass is 256 g/mol. The van der Waals surface area contributed by atoms with E-state index in [4.69, 9.17) is 26.2 Å². The van der Waals surface area contributed by atoms with Crippen LogP contribution in [0.15, 0.2) is 6.07 Å². The Morgan fingerprint density at radius 2 is 2.18 bits per heavy atom. The number of aryl methyl sites for hydroxylation is 1. The van der Waals surface area contributed by atoms with Crippen molar-refractivity contribution in [1.29, 1.82) is 0 Å². The van der Waals surface area contributed by atoms with Crippen LogP contribution < -0.4 is 9.47 Å². The molecule has 1 aliphatic heterocycles. The Hall–Kier alpha value is -1.42. The quantitative estimate of drug-likeness (QED) is 0.903. The van der Waals surface area contributed by atoms with E-state index in [0.29, 0.717) is 36.2 Å². The van der Waals surface area contributed by atoms with Crippen LogP contribution in [0.4, 0.5) is 0 Å². The lowest BCUT2D eigenvalue weighted by atomic mass is 10.0. The molecule has 5 heteroatoms. The van der Waals surface area contributed by atoms with Crippen molar-refractivity contribution in [3.05, 3.63) is 22.2 Å². The molecule has 1 N–H and O–H groups in total. The topological polar surface area (TPSA) is 55.8 Å². The third kappa shape index (κ3) is 2.47. The van der Waals surface area contributed by atoms with Gasteiger partial charge in [-0.3, -0.25) is 4.79 Å². The Balaban J connectivity index is 2.33. The molecule has 17 heavy (non-hydrogen) atoms. The first-order valence-electron chi connectivity index (χ1n) is 5.39. The number of carbonyl (C=O) groups is 1. The van der Waals surface area contributed by atoms with E-state index >= 15 is 0 Å².